The standard InChI is InChI=1S/C19H29IN2/c1-2-3-4-5-6-7-8-9-10-11-16-19-21-17-14-12-13-15-18(17)22(19)20/h12-15H,2-11,16H2,1H3. The first kappa shape index (κ1) is 17.8. The number of aryl methyl sites for hydroxylation is 1. The molecule has 22 heavy (non-hydrogen) atoms. The molecule has 0 atom stereocenters. The summed E-state index contributed by atoms with van der Waals surface area (Å²) < 4.78 is 2.22. The highest BCUT2D eigenvalue weighted by molar-refractivity contribution is 14.1. The van der Waals surface area contributed by atoms with E-state index in [1.165, 1.54) is 75.5 Å². The van der Waals surface area contributed by atoms with E-state index in [1.54, 1.807) is 0 Å². The number of hydrogen-bond donors (Lipinski definition) is 0. The first-order chi connectivity index (χ1) is 10.8. The van der Waals surface area contributed by atoms with E-state index in [0.717, 1.165) is 11.9 Å². The Morgan fingerprint density at radius 2 is 1.45 bits per heavy atom. The first-order valence-electron chi connectivity index (χ1n) is 8.95. The smallest absolute Gasteiger partial charge is 0.118 e. The van der Waals surface area contributed by atoms with Gasteiger partial charge in [0.2, 0.25) is 0 Å². The number of benzene rings is 1. The molecule has 0 N–H and O–H groups in total. The average Bonchev–Trinajstić information content (AvgIpc) is 2.86. The molecule has 3 heteroatoms. The summed E-state index contributed by atoms with van der Waals surface area (Å²) in [6, 6.07) is 8.41. The number of unbranched alkanes of at least 4 members (excludes halogenated alkanes) is 9. The van der Waals surface area contributed by atoms with Gasteiger partial charge in [-0.15, -0.1) is 0 Å². The molecule has 1 heterocycles. The Morgan fingerprint density at radius 3 is 2.09 bits per heavy atom. The zero-order valence-electron chi connectivity index (χ0n) is 13.9. The molecular weight excluding hydrogens is 383 g/mol. The van der Waals surface area contributed by atoms with Gasteiger partial charge in [-0.1, -0.05) is 76.8 Å². The lowest BCUT2D eigenvalue weighted by molar-refractivity contribution is 0.554. The van der Waals surface area contributed by atoms with Crippen LogP contribution in [0.3, 0.4) is 0 Å². The van der Waals surface area contributed by atoms with Crippen molar-refractivity contribution >= 4 is 33.9 Å². The molecule has 0 saturated heterocycles. The maximum atomic E-state index is 4.74. The van der Waals surface area contributed by atoms with Gasteiger partial charge in [0.05, 0.1) is 33.9 Å². The summed E-state index contributed by atoms with van der Waals surface area (Å²) in [5.74, 6) is 1.22. The Hall–Kier alpha value is -0.580. The van der Waals surface area contributed by atoms with Crippen molar-refractivity contribution in [2.75, 3.05) is 0 Å². The predicted octanol–water partition coefficient (Wildman–Crippen LogP) is 6.70. The van der Waals surface area contributed by atoms with Crippen LogP contribution >= 0.6 is 22.9 Å². The summed E-state index contributed by atoms with van der Waals surface area (Å²) in [7, 11) is 0. The second-order valence-electron chi connectivity index (χ2n) is 6.23. The van der Waals surface area contributed by atoms with E-state index >= 15 is 0 Å². The van der Waals surface area contributed by atoms with Gasteiger partial charge in [-0.25, -0.2) is 4.98 Å². The van der Waals surface area contributed by atoms with E-state index in [1.807, 2.05) is 0 Å². The molecule has 0 bridgehead atoms. The molecule has 0 fully saturated rings. The topological polar surface area (TPSA) is 17.8 Å². The molecule has 2 nitrogen and oxygen atoms in total. The summed E-state index contributed by atoms with van der Waals surface area (Å²) in [5.41, 5.74) is 2.36. The van der Waals surface area contributed by atoms with E-state index in [0.29, 0.717) is 0 Å². The Bertz CT molecular complexity index is 547. The van der Waals surface area contributed by atoms with Gasteiger partial charge in [0.25, 0.3) is 0 Å². The van der Waals surface area contributed by atoms with Gasteiger partial charge in [0.15, 0.2) is 0 Å². The molecule has 2 aromatic rings. The molecule has 2 rings (SSSR count). The molecule has 0 unspecified atom stereocenters. The lowest BCUT2D eigenvalue weighted by atomic mass is 10.1. The van der Waals surface area contributed by atoms with Gasteiger partial charge in [0.1, 0.15) is 5.82 Å². The molecule has 0 radical (unpaired) electrons. The van der Waals surface area contributed by atoms with Gasteiger partial charge in [-0.2, -0.15) is 0 Å². The molecule has 0 amide bonds. The molecule has 0 spiro atoms. The third kappa shape index (κ3) is 5.56. The molecular formula is C19H29IN2. The number of halogens is 1. The fraction of sp³-hybridized carbons (Fsp3) is 0.632. The van der Waals surface area contributed by atoms with Crippen LogP contribution in [0.2, 0.25) is 0 Å². The largest absolute Gasteiger partial charge is 0.268 e. The number of imidazole rings is 1. The monoisotopic (exact) mass is 412 g/mol. The van der Waals surface area contributed by atoms with Crippen molar-refractivity contribution in [3.63, 3.8) is 0 Å². The Kier molecular flexibility index (Phi) is 8.27. The van der Waals surface area contributed by atoms with Crippen LogP contribution in [0.4, 0.5) is 0 Å². The van der Waals surface area contributed by atoms with Crippen molar-refractivity contribution in [1.29, 1.82) is 0 Å². The maximum absolute atomic E-state index is 4.74. The van der Waals surface area contributed by atoms with Crippen molar-refractivity contribution in [2.24, 2.45) is 0 Å². The summed E-state index contributed by atoms with van der Waals surface area (Å²) in [4.78, 5) is 4.74. The second kappa shape index (κ2) is 10.2. The van der Waals surface area contributed by atoms with E-state index in [2.05, 4.69) is 56.8 Å². The van der Waals surface area contributed by atoms with Gasteiger partial charge < -0.3 is 0 Å². The third-order valence-electron chi connectivity index (χ3n) is 4.32. The highest BCUT2D eigenvalue weighted by atomic mass is 127. The van der Waals surface area contributed by atoms with Crippen molar-refractivity contribution in [2.45, 2.75) is 77.6 Å². The second-order valence-corrected chi connectivity index (χ2v) is 7.19. The highest BCUT2D eigenvalue weighted by Crippen LogP contribution is 2.20. The minimum Gasteiger partial charge on any atom is -0.268 e. The van der Waals surface area contributed by atoms with Crippen molar-refractivity contribution in [3.8, 4) is 0 Å². The SMILES string of the molecule is CCCCCCCCCCCCc1nc2ccccc2n1I. The normalized spacial score (nSPS) is 11.4. The van der Waals surface area contributed by atoms with E-state index < -0.39 is 0 Å². The zero-order valence-corrected chi connectivity index (χ0v) is 16.0. The number of para-hydroxylation sites is 2. The van der Waals surface area contributed by atoms with Crippen LogP contribution in [-0.4, -0.2) is 7.76 Å². The molecule has 1 aromatic carbocycles. The molecule has 0 aliphatic rings. The lowest BCUT2D eigenvalue weighted by Crippen LogP contribution is -1.93. The van der Waals surface area contributed by atoms with Crippen LogP contribution in [-0.2, 0) is 6.42 Å². The fourth-order valence-corrected chi connectivity index (χ4v) is 3.73. The van der Waals surface area contributed by atoms with Crippen LogP contribution in [0.5, 0.6) is 0 Å². The zero-order chi connectivity index (χ0) is 15.6. The average molecular weight is 412 g/mol. The fourth-order valence-electron chi connectivity index (χ4n) is 2.97. The quantitative estimate of drug-likeness (QED) is 0.297. The van der Waals surface area contributed by atoms with Crippen molar-refractivity contribution in [3.05, 3.63) is 30.1 Å². The van der Waals surface area contributed by atoms with Crippen LogP contribution in [0.15, 0.2) is 24.3 Å². The van der Waals surface area contributed by atoms with Crippen molar-refractivity contribution in [1.82, 2.24) is 7.76 Å². The Morgan fingerprint density at radius 1 is 0.864 bits per heavy atom. The minimum absolute atomic E-state index is 1.11. The van der Waals surface area contributed by atoms with Gasteiger partial charge in [-0.3, -0.25) is 2.78 Å². The summed E-state index contributed by atoms with van der Waals surface area (Å²) in [6.45, 7) is 2.28. The van der Waals surface area contributed by atoms with Crippen LogP contribution in [0.1, 0.15) is 77.0 Å². The molecule has 0 saturated carbocycles. The number of nitrogens with zero attached hydrogens (tertiary/aromatic N) is 2. The minimum atomic E-state index is 1.11. The van der Waals surface area contributed by atoms with E-state index in [9.17, 15) is 0 Å². The molecule has 0 aliphatic heterocycles. The van der Waals surface area contributed by atoms with Crippen molar-refractivity contribution < 1.29 is 0 Å². The lowest BCUT2D eigenvalue weighted by Gasteiger charge is -2.03. The summed E-state index contributed by atoms with van der Waals surface area (Å²) in [5, 5.41) is 0. The summed E-state index contributed by atoms with van der Waals surface area (Å²) >= 11 is 2.38. The van der Waals surface area contributed by atoms with Gasteiger partial charge in [0, 0.05) is 6.42 Å². The molecule has 122 valence electrons. The number of aromatic nitrogens is 2. The number of rotatable bonds is 11. The van der Waals surface area contributed by atoms with E-state index in [-0.39, 0.29) is 0 Å². The van der Waals surface area contributed by atoms with Gasteiger partial charge in [-0.05, 0) is 18.6 Å². The third-order valence-corrected chi connectivity index (χ3v) is 5.40. The number of fused-ring (bicyclic) bond motifs is 1. The van der Waals surface area contributed by atoms with E-state index in [4.69, 9.17) is 4.98 Å². The van der Waals surface area contributed by atoms with Crippen LogP contribution in [0, 0.1) is 0 Å². The first-order valence-corrected chi connectivity index (χ1v) is 9.92. The Balaban J connectivity index is 1.57. The highest BCUT2D eigenvalue weighted by Gasteiger charge is 2.07. The molecule has 0 aliphatic carbocycles. The maximum Gasteiger partial charge on any atom is 0.118 e. The predicted molar refractivity (Wildman–Crippen MR) is 105 cm³/mol. The van der Waals surface area contributed by atoms with Crippen LogP contribution in [0.25, 0.3) is 11.0 Å². The van der Waals surface area contributed by atoms with Crippen LogP contribution < -0.4 is 0 Å². The Labute approximate surface area is 149 Å². The number of hydrogen-bond acceptors (Lipinski definition) is 1. The van der Waals surface area contributed by atoms with Gasteiger partial charge >= 0.3 is 0 Å². The molecule has 1 aromatic heterocycles. The summed E-state index contributed by atoms with van der Waals surface area (Å²) in [6.07, 6.45) is 15.0.